The van der Waals surface area contributed by atoms with Crippen molar-refractivity contribution in [2.75, 3.05) is 26.8 Å². The number of nitriles is 1. The maximum atomic E-state index is 12.6. The molecular weight excluding hydrogens is 292 g/mol. The molecule has 1 heterocycles. The summed E-state index contributed by atoms with van der Waals surface area (Å²) in [6, 6.07) is 1.96. The van der Waals surface area contributed by atoms with Crippen LogP contribution in [0.4, 0.5) is 0 Å². The van der Waals surface area contributed by atoms with Gasteiger partial charge < -0.3 is 9.30 Å². The molecule has 1 rings (SSSR count). The Morgan fingerprint density at radius 1 is 1.48 bits per heavy atom. The number of imidazole rings is 1. The first kappa shape index (κ1) is 17.6. The number of sulfonamides is 1. The van der Waals surface area contributed by atoms with E-state index in [9.17, 15) is 8.42 Å². The first-order chi connectivity index (χ1) is 9.97. The van der Waals surface area contributed by atoms with Crippen LogP contribution < -0.4 is 0 Å². The van der Waals surface area contributed by atoms with Gasteiger partial charge >= 0.3 is 0 Å². The number of nitrogens with zero attached hydrogens (tertiary/aromatic N) is 4. The Morgan fingerprint density at radius 3 is 2.76 bits per heavy atom. The fraction of sp³-hybridized carbons (Fsp3) is 0.692. The van der Waals surface area contributed by atoms with Crippen LogP contribution in [-0.2, 0) is 21.3 Å². The van der Waals surface area contributed by atoms with E-state index in [1.807, 2.05) is 17.6 Å². The first-order valence-electron chi connectivity index (χ1n) is 6.87. The van der Waals surface area contributed by atoms with Crippen molar-refractivity contribution in [3.05, 3.63) is 12.0 Å². The lowest BCUT2D eigenvalue weighted by atomic mass is 10.4. The number of aromatic nitrogens is 2. The van der Waals surface area contributed by atoms with E-state index in [-0.39, 0.29) is 31.1 Å². The summed E-state index contributed by atoms with van der Waals surface area (Å²) in [7, 11) is -2.19. The highest BCUT2D eigenvalue weighted by molar-refractivity contribution is 7.89. The van der Waals surface area contributed by atoms with Crippen molar-refractivity contribution >= 4 is 10.0 Å². The molecule has 0 N–H and O–H groups in total. The zero-order valence-electron chi connectivity index (χ0n) is 12.7. The number of aryl methyl sites for hydroxylation is 2. The Morgan fingerprint density at radius 2 is 2.19 bits per heavy atom. The molecule has 7 nitrogen and oxygen atoms in total. The van der Waals surface area contributed by atoms with Crippen LogP contribution in [0.2, 0.25) is 0 Å². The largest absolute Gasteiger partial charge is 0.383 e. The molecule has 0 aromatic carbocycles. The fourth-order valence-corrected chi connectivity index (χ4v) is 3.34. The second-order valence-electron chi connectivity index (χ2n) is 4.62. The van der Waals surface area contributed by atoms with Crippen molar-refractivity contribution in [1.29, 1.82) is 5.26 Å². The summed E-state index contributed by atoms with van der Waals surface area (Å²) in [5.41, 5.74) is 0. The van der Waals surface area contributed by atoms with Crippen LogP contribution in [0.25, 0.3) is 0 Å². The topological polar surface area (TPSA) is 88.2 Å². The van der Waals surface area contributed by atoms with Gasteiger partial charge in [0, 0.05) is 39.4 Å². The van der Waals surface area contributed by atoms with Gasteiger partial charge in [-0.1, -0.05) is 6.92 Å². The van der Waals surface area contributed by atoms with E-state index < -0.39 is 10.0 Å². The number of ether oxygens (including phenoxy) is 1. The molecule has 0 spiro atoms. The predicted molar refractivity (Wildman–Crippen MR) is 78.1 cm³/mol. The van der Waals surface area contributed by atoms with Crippen LogP contribution >= 0.6 is 0 Å². The minimum atomic E-state index is -3.70. The number of rotatable bonds is 9. The molecule has 21 heavy (non-hydrogen) atoms. The van der Waals surface area contributed by atoms with Crippen LogP contribution in [0, 0.1) is 18.3 Å². The summed E-state index contributed by atoms with van der Waals surface area (Å²) in [5, 5.41) is 8.70. The molecule has 0 aliphatic heterocycles. The maximum Gasteiger partial charge on any atom is 0.262 e. The number of hydrogen-bond acceptors (Lipinski definition) is 5. The van der Waals surface area contributed by atoms with Gasteiger partial charge in [0.1, 0.15) is 5.82 Å². The van der Waals surface area contributed by atoms with E-state index >= 15 is 0 Å². The molecule has 0 atom stereocenters. The average molecular weight is 314 g/mol. The molecule has 0 amide bonds. The molecule has 0 aliphatic carbocycles. The van der Waals surface area contributed by atoms with Gasteiger partial charge in [0.05, 0.1) is 12.7 Å². The molecule has 1 aromatic heterocycles. The molecule has 1 aromatic rings. The third-order valence-corrected chi connectivity index (χ3v) is 4.81. The molecule has 0 bridgehead atoms. The van der Waals surface area contributed by atoms with E-state index in [0.717, 1.165) is 13.0 Å². The summed E-state index contributed by atoms with van der Waals surface area (Å²) >= 11 is 0. The van der Waals surface area contributed by atoms with Crippen molar-refractivity contribution in [1.82, 2.24) is 13.9 Å². The Hall–Kier alpha value is -1.43. The summed E-state index contributed by atoms with van der Waals surface area (Å²) in [4.78, 5) is 4.15. The smallest absolute Gasteiger partial charge is 0.262 e. The van der Waals surface area contributed by atoms with Gasteiger partial charge in [-0.05, 0) is 13.3 Å². The van der Waals surface area contributed by atoms with Crippen LogP contribution in [-0.4, -0.2) is 49.1 Å². The monoisotopic (exact) mass is 314 g/mol. The highest BCUT2D eigenvalue weighted by atomic mass is 32.2. The first-order valence-corrected chi connectivity index (χ1v) is 8.31. The molecule has 8 heteroatoms. The Labute approximate surface area is 126 Å². The summed E-state index contributed by atoms with van der Waals surface area (Å²) in [6.45, 7) is 5.15. The van der Waals surface area contributed by atoms with Crippen molar-refractivity contribution in [3.8, 4) is 6.07 Å². The maximum absolute atomic E-state index is 12.6. The lowest BCUT2D eigenvalue weighted by Crippen LogP contribution is -2.35. The van der Waals surface area contributed by atoms with Crippen LogP contribution in [0.15, 0.2) is 11.2 Å². The Kier molecular flexibility index (Phi) is 6.81. The minimum Gasteiger partial charge on any atom is -0.383 e. The zero-order chi connectivity index (χ0) is 15.9. The lowest BCUT2D eigenvalue weighted by Gasteiger charge is -2.19. The molecule has 0 fully saturated rings. The molecule has 0 aliphatic rings. The van der Waals surface area contributed by atoms with E-state index in [1.54, 1.807) is 13.1 Å². The van der Waals surface area contributed by atoms with Crippen LogP contribution in [0.1, 0.15) is 25.6 Å². The standard InChI is InChI=1S/C13H22N4O3S/c1-4-7-16-11-13(15-12(16)2)21(18,19)17(8-5-6-14)9-10-20-3/h11H,4-5,7-10H2,1-3H3. The van der Waals surface area contributed by atoms with Gasteiger partial charge in [0.15, 0.2) is 5.03 Å². The van der Waals surface area contributed by atoms with Crippen LogP contribution in [0.3, 0.4) is 0 Å². The van der Waals surface area contributed by atoms with Gasteiger partial charge in [-0.25, -0.2) is 13.4 Å². The van der Waals surface area contributed by atoms with Gasteiger partial charge in [-0.15, -0.1) is 0 Å². The van der Waals surface area contributed by atoms with Crippen molar-refractivity contribution in [3.63, 3.8) is 0 Å². The third-order valence-electron chi connectivity index (χ3n) is 3.04. The summed E-state index contributed by atoms with van der Waals surface area (Å²) < 4.78 is 33.2. The molecule has 0 saturated carbocycles. The molecular formula is C13H22N4O3S. The molecule has 0 radical (unpaired) electrons. The third kappa shape index (κ3) is 4.52. The van der Waals surface area contributed by atoms with Crippen molar-refractivity contribution < 1.29 is 13.2 Å². The van der Waals surface area contributed by atoms with E-state index in [4.69, 9.17) is 10.00 Å². The summed E-state index contributed by atoms with van der Waals surface area (Å²) in [6.07, 6.45) is 2.59. The molecule has 0 saturated heterocycles. The highest BCUT2D eigenvalue weighted by Crippen LogP contribution is 2.16. The Bertz CT molecular complexity index is 589. The second kappa shape index (κ2) is 8.12. The lowest BCUT2D eigenvalue weighted by molar-refractivity contribution is 0.179. The highest BCUT2D eigenvalue weighted by Gasteiger charge is 2.27. The number of methoxy groups -OCH3 is 1. The SMILES string of the molecule is CCCn1cc(S(=O)(=O)N(CCC#N)CCOC)nc1C. The van der Waals surface area contributed by atoms with E-state index in [2.05, 4.69) is 4.98 Å². The van der Waals surface area contributed by atoms with E-state index in [1.165, 1.54) is 11.4 Å². The van der Waals surface area contributed by atoms with Crippen LogP contribution in [0.5, 0.6) is 0 Å². The normalized spacial score (nSPS) is 11.8. The summed E-state index contributed by atoms with van der Waals surface area (Å²) in [5.74, 6) is 0.669. The number of hydrogen-bond donors (Lipinski definition) is 0. The van der Waals surface area contributed by atoms with Crippen molar-refractivity contribution in [2.24, 2.45) is 0 Å². The van der Waals surface area contributed by atoms with Gasteiger partial charge in [0.2, 0.25) is 0 Å². The Balaban J connectivity index is 3.03. The fourth-order valence-electron chi connectivity index (χ4n) is 1.92. The average Bonchev–Trinajstić information content (AvgIpc) is 2.81. The van der Waals surface area contributed by atoms with Gasteiger partial charge in [-0.2, -0.15) is 9.57 Å². The predicted octanol–water partition coefficient (Wildman–Crippen LogP) is 1.15. The zero-order valence-corrected chi connectivity index (χ0v) is 13.6. The van der Waals surface area contributed by atoms with Gasteiger partial charge in [-0.3, -0.25) is 0 Å². The van der Waals surface area contributed by atoms with Crippen molar-refractivity contribution in [2.45, 2.75) is 38.3 Å². The minimum absolute atomic E-state index is 0.0301. The quantitative estimate of drug-likeness (QED) is 0.682. The van der Waals surface area contributed by atoms with E-state index in [0.29, 0.717) is 5.82 Å². The second-order valence-corrected chi connectivity index (χ2v) is 6.51. The van der Waals surface area contributed by atoms with Gasteiger partial charge in [0.25, 0.3) is 10.0 Å². The molecule has 118 valence electrons. The molecule has 0 unspecified atom stereocenters.